The Kier molecular flexibility index (Phi) is 5.67. The van der Waals surface area contributed by atoms with Crippen LogP contribution in [0.3, 0.4) is 0 Å². The van der Waals surface area contributed by atoms with Crippen LogP contribution in [0, 0.1) is 0 Å². The van der Waals surface area contributed by atoms with E-state index in [1.54, 1.807) is 0 Å². The van der Waals surface area contributed by atoms with Crippen molar-refractivity contribution in [1.29, 1.82) is 0 Å². The van der Waals surface area contributed by atoms with Crippen LogP contribution in [0.5, 0.6) is 0 Å². The number of ether oxygens (including phenoxy) is 2. The Balaban J connectivity index is 1.90. The Bertz CT molecular complexity index is 265. The second-order valence-corrected chi connectivity index (χ2v) is 6.26. The minimum absolute atomic E-state index is 0.118. The number of rotatable bonds is 5. The second kappa shape index (κ2) is 7.05. The van der Waals surface area contributed by atoms with E-state index in [1.807, 2.05) is 7.11 Å². The topological polar surface area (TPSA) is 30.5 Å². The Labute approximate surface area is 118 Å². The van der Waals surface area contributed by atoms with Gasteiger partial charge < -0.3 is 14.8 Å². The summed E-state index contributed by atoms with van der Waals surface area (Å²) >= 11 is 0. The van der Waals surface area contributed by atoms with Gasteiger partial charge in [0.2, 0.25) is 0 Å². The van der Waals surface area contributed by atoms with Crippen molar-refractivity contribution < 1.29 is 9.47 Å². The van der Waals surface area contributed by atoms with Gasteiger partial charge in [0.1, 0.15) is 0 Å². The van der Waals surface area contributed by atoms with Crippen molar-refractivity contribution in [2.75, 3.05) is 13.7 Å². The van der Waals surface area contributed by atoms with Crippen molar-refractivity contribution in [2.24, 2.45) is 0 Å². The van der Waals surface area contributed by atoms with E-state index in [0.717, 1.165) is 32.3 Å². The Morgan fingerprint density at radius 3 is 2.58 bits per heavy atom. The molecule has 3 heteroatoms. The molecule has 2 rings (SSSR count). The number of hydrogen-bond acceptors (Lipinski definition) is 3. The predicted octanol–water partition coefficient (Wildman–Crippen LogP) is 3.27. The van der Waals surface area contributed by atoms with Crippen LogP contribution in [-0.2, 0) is 9.47 Å². The zero-order chi connectivity index (χ0) is 13.7. The molecule has 1 aliphatic carbocycles. The molecule has 1 heterocycles. The van der Waals surface area contributed by atoms with Crippen LogP contribution in [0.25, 0.3) is 0 Å². The average molecular weight is 269 g/mol. The SMILES string of the molecule is CCC1(CC)CC(NC2CCCCC2OC)CCO1. The average Bonchev–Trinajstić information content (AvgIpc) is 2.48. The van der Waals surface area contributed by atoms with Gasteiger partial charge in [-0.15, -0.1) is 0 Å². The second-order valence-electron chi connectivity index (χ2n) is 6.26. The van der Waals surface area contributed by atoms with Gasteiger partial charge in [0.05, 0.1) is 11.7 Å². The summed E-state index contributed by atoms with van der Waals surface area (Å²) in [4.78, 5) is 0. The van der Waals surface area contributed by atoms with Crippen LogP contribution >= 0.6 is 0 Å². The lowest BCUT2D eigenvalue weighted by Crippen LogP contribution is -2.53. The van der Waals surface area contributed by atoms with E-state index in [4.69, 9.17) is 9.47 Å². The highest BCUT2D eigenvalue weighted by molar-refractivity contribution is 4.92. The normalized spacial score (nSPS) is 35.2. The molecule has 3 atom stereocenters. The third-order valence-corrected chi connectivity index (χ3v) is 5.24. The summed E-state index contributed by atoms with van der Waals surface area (Å²) < 4.78 is 11.7. The molecule has 3 nitrogen and oxygen atoms in total. The summed E-state index contributed by atoms with van der Waals surface area (Å²) in [6.45, 7) is 5.42. The van der Waals surface area contributed by atoms with Gasteiger partial charge in [0, 0.05) is 25.8 Å². The van der Waals surface area contributed by atoms with E-state index in [0.29, 0.717) is 18.2 Å². The molecule has 0 aromatic heterocycles. The molecule has 1 saturated carbocycles. The summed E-state index contributed by atoms with van der Waals surface area (Å²) in [5.41, 5.74) is 0.118. The Hall–Kier alpha value is -0.120. The van der Waals surface area contributed by atoms with Crippen LogP contribution in [-0.4, -0.2) is 37.5 Å². The Morgan fingerprint density at radius 2 is 1.89 bits per heavy atom. The van der Waals surface area contributed by atoms with E-state index in [2.05, 4.69) is 19.2 Å². The smallest absolute Gasteiger partial charge is 0.0724 e. The first-order chi connectivity index (χ1) is 9.23. The zero-order valence-electron chi connectivity index (χ0n) is 12.9. The fourth-order valence-electron chi connectivity index (χ4n) is 3.79. The first kappa shape index (κ1) is 15.3. The van der Waals surface area contributed by atoms with Crippen molar-refractivity contribution in [3.05, 3.63) is 0 Å². The molecule has 112 valence electrons. The molecule has 0 radical (unpaired) electrons. The molecule has 1 aliphatic heterocycles. The fraction of sp³-hybridized carbons (Fsp3) is 1.00. The van der Waals surface area contributed by atoms with Crippen LogP contribution in [0.1, 0.15) is 65.2 Å². The molecule has 2 aliphatic rings. The van der Waals surface area contributed by atoms with Gasteiger partial charge in [-0.05, 0) is 38.5 Å². The molecule has 2 fully saturated rings. The number of methoxy groups -OCH3 is 1. The van der Waals surface area contributed by atoms with E-state index in [9.17, 15) is 0 Å². The summed E-state index contributed by atoms with van der Waals surface area (Å²) in [7, 11) is 1.86. The van der Waals surface area contributed by atoms with Crippen molar-refractivity contribution in [3.8, 4) is 0 Å². The zero-order valence-corrected chi connectivity index (χ0v) is 12.9. The van der Waals surface area contributed by atoms with E-state index >= 15 is 0 Å². The first-order valence-corrected chi connectivity index (χ1v) is 8.16. The molecule has 0 spiro atoms. The molecular weight excluding hydrogens is 238 g/mol. The van der Waals surface area contributed by atoms with Gasteiger partial charge in [-0.2, -0.15) is 0 Å². The van der Waals surface area contributed by atoms with E-state index in [-0.39, 0.29) is 5.60 Å². The third-order valence-electron chi connectivity index (χ3n) is 5.24. The van der Waals surface area contributed by atoms with Crippen molar-refractivity contribution in [1.82, 2.24) is 5.32 Å². The lowest BCUT2D eigenvalue weighted by Gasteiger charge is -2.43. The minimum atomic E-state index is 0.118. The lowest BCUT2D eigenvalue weighted by atomic mass is 9.84. The molecule has 3 unspecified atom stereocenters. The van der Waals surface area contributed by atoms with Crippen molar-refractivity contribution >= 4 is 0 Å². The van der Waals surface area contributed by atoms with Crippen LogP contribution in [0.4, 0.5) is 0 Å². The quantitative estimate of drug-likeness (QED) is 0.831. The molecule has 0 aromatic rings. The first-order valence-electron chi connectivity index (χ1n) is 8.16. The summed E-state index contributed by atoms with van der Waals surface area (Å²) in [5.74, 6) is 0. The molecule has 1 N–H and O–H groups in total. The van der Waals surface area contributed by atoms with Crippen LogP contribution in [0.2, 0.25) is 0 Å². The fourth-order valence-corrected chi connectivity index (χ4v) is 3.79. The van der Waals surface area contributed by atoms with Gasteiger partial charge in [-0.1, -0.05) is 26.7 Å². The standard InChI is InChI=1S/C16H31NO2/c1-4-16(5-2)12-13(10-11-19-16)17-14-8-6-7-9-15(14)18-3/h13-15,17H,4-12H2,1-3H3. The largest absolute Gasteiger partial charge is 0.380 e. The summed E-state index contributed by atoms with van der Waals surface area (Å²) in [5, 5.41) is 3.88. The van der Waals surface area contributed by atoms with Crippen LogP contribution in [0.15, 0.2) is 0 Å². The maximum absolute atomic E-state index is 6.07. The van der Waals surface area contributed by atoms with Crippen LogP contribution < -0.4 is 5.32 Å². The number of nitrogens with one attached hydrogen (secondary N) is 1. The van der Waals surface area contributed by atoms with Gasteiger partial charge in [0.25, 0.3) is 0 Å². The monoisotopic (exact) mass is 269 g/mol. The Morgan fingerprint density at radius 1 is 1.16 bits per heavy atom. The number of hydrogen-bond donors (Lipinski definition) is 1. The molecule has 0 bridgehead atoms. The van der Waals surface area contributed by atoms with Crippen molar-refractivity contribution in [2.45, 2.75) is 89.0 Å². The summed E-state index contributed by atoms with van der Waals surface area (Å²) in [6.07, 6.45) is 10.1. The highest BCUT2D eigenvalue weighted by Crippen LogP contribution is 2.32. The van der Waals surface area contributed by atoms with Gasteiger partial charge in [-0.3, -0.25) is 0 Å². The van der Waals surface area contributed by atoms with Gasteiger partial charge in [0.15, 0.2) is 0 Å². The molecular formula is C16H31NO2. The maximum atomic E-state index is 6.07. The van der Waals surface area contributed by atoms with Gasteiger partial charge in [-0.25, -0.2) is 0 Å². The van der Waals surface area contributed by atoms with E-state index < -0.39 is 0 Å². The molecule has 1 saturated heterocycles. The van der Waals surface area contributed by atoms with Crippen molar-refractivity contribution in [3.63, 3.8) is 0 Å². The summed E-state index contributed by atoms with van der Waals surface area (Å²) in [6, 6.07) is 1.16. The lowest BCUT2D eigenvalue weighted by molar-refractivity contribution is -0.0968. The third kappa shape index (κ3) is 3.71. The maximum Gasteiger partial charge on any atom is 0.0724 e. The predicted molar refractivity (Wildman–Crippen MR) is 78.5 cm³/mol. The molecule has 0 aromatic carbocycles. The molecule has 0 amide bonds. The van der Waals surface area contributed by atoms with E-state index in [1.165, 1.54) is 25.7 Å². The minimum Gasteiger partial charge on any atom is -0.380 e. The highest BCUT2D eigenvalue weighted by Gasteiger charge is 2.36. The van der Waals surface area contributed by atoms with Gasteiger partial charge >= 0.3 is 0 Å². The molecule has 19 heavy (non-hydrogen) atoms. The highest BCUT2D eigenvalue weighted by atomic mass is 16.5.